The highest BCUT2D eigenvalue weighted by Crippen LogP contribution is 2.13. The third-order valence-corrected chi connectivity index (χ3v) is 3.62. The van der Waals surface area contributed by atoms with Crippen LogP contribution in [0.1, 0.15) is 27.5 Å². The first-order valence-corrected chi connectivity index (χ1v) is 8.21. The molecule has 0 radical (unpaired) electrons. The zero-order valence-electron chi connectivity index (χ0n) is 14.9. The van der Waals surface area contributed by atoms with Crippen molar-refractivity contribution in [3.8, 4) is 0 Å². The van der Waals surface area contributed by atoms with E-state index in [0.29, 0.717) is 31.6 Å². The van der Waals surface area contributed by atoms with Crippen molar-refractivity contribution in [2.45, 2.75) is 6.42 Å². The number of ether oxygens (including phenoxy) is 1. The molecule has 2 aromatic rings. The number of likely N-dealkylation sites (N-methyl/N-ethyl adjacent to an activating group) is 1. The van der Waals surface area contributed by atoms with Crippen LogP contribution in [0, 0.1) is 0 Å². The lowest BCUT2D eigenvalue weighted by Gasteiger charge is -2.09. The van der Waals surface area contributed by atoms with Crippen LogP contribution in [0.25, 0.3) is 5.52 Å². The van der Waals surface area contributed by atoms with Crippen LogP contribution in [0.3, 0.4) is 0 Å². The maximum Gasteiger partial charge on any atom is 0.287 e. The molecule has 2 heterocycles. The summed E-state index contributed by atoms with van der Waals surface area (Å²) in [5, 5.41) is 5.63. The van der Waals surface area contributed by atoms with Crippen LogP contribution >= 0.6 is 0 Å². The molecule has 0 saturated carbocycles. The smallest absolute Gasteiger partial charge is 0.287 e. The van der Waals surface area contributed by atoms with Crippen molar-refractivity contribution >= 4 is 17.3 Å². The van der Waals surface area contributed by atoms with Gasteiger partial charge in [-0.15, -0.1) is 0 Å². The van der Waals surface area contributed by atoms with E-state index in [2.05, 4.69) is 15.6 Å². The summed E-state index contributed by atoms with van der Waals surface area (Å²) >= 11 is 0. The van der Waals surface area contributed by atoms with Crippen LogP contribution < -0.4 is 10.6 Å². The number of carbonyl (C=O) groups excluding carboxylic acids is 2. The summed E-state index contributed by atoms with van der Waals surface area (Å²) in [4.78, 5) is 31.1. The molecule has 0 bridgehead atoms. The third kappa shape index (κ3) is 5.01. The fourth-order valence-electron chi connectivity index (χ4n) is 2.34. The standard InChI is InChI=1S/C17H25N5O3/c1-21(2)11-9-19-16(23)14-13-7-4-5-10-22(13)15(20-14)17(24)18-8-6-12-25-3/h4-5,7,10H,6,8-9,11-12H2,1-3H3,(H,18,24)(H,19,23). The van der Waals surface area contributed by atoms with Crippen LogP contribution in [0.15, 0.2) is 24.4 Å². The van der Waals surface area contributed by atoms with Gasteiger partial charge in [-0.3, -0.25) is 14.0 Å². The van der Waals surface area contributed by atoms with E-state index < -0.39 is 0 Å². The maximum absolute atomic E-state index is 12.4. The zero-order chi connectivity index (χ0) is 18.2. The second-order valence-corrected chi connectivity index (χ2v) is 5.90. The fourth-order valence-corrected chi connectivity index (χ4v) is 2.34. The molecule has 0 aromatic carbocycles. The summed E-state index contributed by atoms with van der Waals surface area (Å²) < 4.78 is 6.59. The van der Waals surface area contributed by atoms with Crippen molar-refractivity contribution in [2.24, 2.45) is 0 Å². The monoisotopic (exact) mass is 347 g/mol. The molecule has 2 rings (SSSR count). The Balaban J connectivity index is 2.16. The van der Waals surface area contributed by atoms with Gasteiger partial charge in [-0.2, -0.15) is 0 Å². The van der Waals surface area contributed by atoms with Gasteiger partial charge in [-0.05, 0) is 32.6 Å². The van der Waals surface area contributed by atoms with Crippen molar-refractivity contribution in [3.63, 3.8) is 0 Å². The Morgan fingerprint density at radius 3 is 2.68 bits per heavy atom. The normalized spacial score (nSPS) is 11.0. The van der Waals surface area contributed by atoms with Crippen LogP contribution in [0.2, 0.25) is 0 Å². The minimum Gasteiger partial charge on any atom is -0.385 e. The topological polar surface area (TPSA) is 88.0 Å². The van der Waals surface area contributed by atoms with E-state index >= 15 is 0 Å². The Labute approximate surface area is 147 Å². The lowest BCUT2D eigenvalue weighted by atomic mass is 10.3. The summed E-state index contributed by atoms with van der Waals surface area (Å²) in [6.07, 6.45) is 2.44. The number of carbonyl (C=O) groups is 2. The average Bonchev–Trinajstić information content (AvgIpc) is 2.98. The first-order valence-electron chi connectivity index (χ1n) is 8.21. The van der Waals surface area contributed by atoms with Crippen molar-refractivity contribution in [3.05, 3.63) is 35.9 Å². The molecule has 0 aliphatic carbocycles. The van der Waals surface area contributed by atoms with Crippen molar-refractivity contribution in [1.29, 1.82) is 0 Å². The molecule has 0 atom stereocenters. The number of pyridine rings is 1. The number of hydrogen-bond acceptors (Lipinski definition) is 5. The Hall–Kier alpha value is -2.45. The van der Waals surface area contributed by atoms with Gasteiger partial charge >= 0.3 is 0 Å². The maximum atomic E-state index is 12.4. The lowest BCUT2D eigenvalue weighted by molar-refractivity contribution is 0.0937. The third-order valence-electron chi connectivity index (χ3n) is 3.62. The first-order chi connectivity index (χ1) is 12.0. The van der Waals surface area contributed by atoms with Gasteiger partial charge in [0, 0.05) is 39.5 Å². The van der Waals surface area contributed by atoms with Gasteiger partial charge in [0.25, 0.3) is 11.8 Å². The minimum atomic E-state index is -0.315. The first kappa shape index (κ1) is 18.9. The Morgan fingerprint density at radius 1 is 1.20 bits per heavy atom. The fraction of sp³-hybridized carbons (Fsp3) is 0.471. The molecule has 0 aliphatic rings. The second-order valence-electron chi connectivity index (χ2n) is 5.90. The van der Waals surface area contributed by atoms with Crippen LogP contribution in [0.4, 0.5) is 0 Å². The van der Waals surface area contributed by atoms with Gasteiger partial charge < -0.3 is 20.3 Å². The zero-order valence-corrected chi connectivity index (χ0v) is 14.9. The molecular formula is C17H25N5O3. The highest BCUT2D eigenvalue weighted by atomic mass is 16.5. The molecular weight excluding hydrogens is 322 g/mol. The van der Waals surface area contributed by atoms with E-state index in [-0.39, 0.29) is 23.3 Å². The molecule has 0 fully saturated rings. The molecule has 8 nitrogen and oxygen atoms in total. The summed E-state index contributed by atoms with van der Waals surface area (Å²) in [6, 6.07) is 5.38. The Kier molecular flexibility index (Phi) is 6.91. The predicted octanol–water partition coefficient (Wildman–Crippen LogP) is 0.392. The van der Waals surface area contributed by atoms with Crippen LogP contribution in [0.5, 0.6) is 0 Å². The Bertz CT molecular complexity index is 726. The molecule has 0 unspecified atom stereocenters. The quantitative estimate of drug-likeness (QED) is 0.641. The van der Waals surface area contributed by atoms with E-state index in [9.17, 15) is 9.59 Å². The molecule has 2 amide bonds. The van der Waals surface area contributed by atoms with Crippen molar-refractivity contribution < 1.29 is 14.3 Å². The molecule has 0 aliphatic heterocycles. The minimum absolute atomic E-state index is 0.200. The predicted molar refractivity (Wildman–Crippen MR) is 94.9 cm³/mol. The van der Waals surface area contributed by atoms with E-state index in [4.69, 9.17) is 4.74 Å². The number of nitrogens with zero attached hydrogens (tertiary/aromatic N) is 3. The van der Waals surface area contributed by atoms with Crippen LogP contribution in [-0.4, -0.2) is 73.5 Å². The molecule has 8 heteroatoms. The molecule has 25 heavy (non-hydrogen) atoms. The number of aromatic nitrogens is 2. The van der Waals surface area contributed by atoms with Gasteiger partial charge in [0.05, 0.1) is 5.52 Å². The van der Waals surface area contributed by atoms with Gasteiger partial charge in [-0.25, -0.2) is 4.98 Å². The van der Waals surface area contributed by atoms with E-state index in [0.717, 1.165) is 6.54 Å². The number of fused-ring (bicyclic) bond motifs is 1. The summed E-state index contributed by atoms with van der Waals surface area (Å²) in [6.45, 7) is 2.29. The largest absolute Gasteiger partial charge is 0.385 e. The van der Waals surface area contributed by atoms with Gasteiger partial charge in [0.1, 0.15) is 0 Å². The highest BCUT2D eigenvalue weighted by Gasteiger charge is 2.20. The van der Waals surface area contributed by atoms with Crippen molar-refractivity contribution in [2.75, 3.05) is 47.4 Å². The number of amides is 2. The number of methoxy groups -OCH3 is 1. The highest BCUT2D eigenvalue weighted by molar-refractivity contribution is 6.02. The second kappa shape index (κ2) is 9.14. The van der Waals surface area contributed by atoms with E-state index in [1.807, 2.05) is 25.1 Å². The van der Waals surface area contributed by atoms with Gasteiger partial charge in [0.15, 0.2) is 5.69 Å². The SMILES string of the molecule is COCCCNC(=O)c1nc(C(=O)NCCN(C)C)c2ccccn12. The summed E-state index contributed by atoms with van der Waals surface area (Å²) in [7, 11) is 5.49. The van der Waals surface area contributed by atoms with E-state index in [1.165, 1.54) is 0 Å². The number of nitrogens with one attached hydrogen (secondary N) is 2. The number of imidazole rings is 1. The van der Waals surface area contributed by atoms with Gasteiger partial charge in [0.2, 0.25) is 5.82 Å². The van der Waals surface area contributed by atoms with Gasteiger partial charge in [-0.1, -0.05) is 6.07 Å². The average molecular weight is 347 g/mol. The summed E-state index contributed by atoms with van der Waals surface area (Å²) in [5.41, 5.74) is 0.855. The van der Waals surface area contributed by atoms with E-state index in [1.54, 1.807) is 29.8 Å². The molecule has 136 valence electrons. The Morgan fingerprint density at radius 2 is 1.96 bits per heavy atom. The molecule has 0 saturated heterocycles. The number of rotatable bonds is 9. The van der Waals surface area contributed by atoms with Crippen molar-refractivity contribution in [1.82, 2.24) is 24.9 Å². The molecule has 2 N–H and O–H groups in total. The molecule has 0 spiro atoms. The summed E-state index contributed by atoms with van der Waals surface area (Å²) in [5.74, 6) is -0.403. The van der Waals surface area contributed by atoms with Crippen LogP contribution in [-0.2, 0) is 4.74 Å². The molecule has 2 aromatic heterocycles. The number of hydrogen-bond donors (Lipinski definition) is 2. The lowest BCUT2D eigenvalue weighted by Crippen LogP contribution is -2.31.